The van der Waals surface area contributed by atoms with Gasteiger partial charge in [-0.15, -0.1) is 0 Å². The summed E-state index contributed by atoms with van der Waals surface area (Å²) in [4.78, 5) is 11.1. The van der Waals surface area contributed by atoms with Crippen LogP contribution in [-0.2, 0) is 20.9 Å². The molecule has 0 radical (unpaired) electrons. The number of carbonyl (C=O) groups is 1. The zero-order valence-corrected chi connectivity index (χ0v) is 8.94. The van der Waals surface area contributed by atoms with Crippen LogP contribution < -0.4 is 0 Å². The molecular formula is C12H16O3. The molecule has 3 heteroatoms. The van der Waals surface area contributed by atoms with Gasteiger partial charge in [0.05, 0.1) is 0 Å². The van der Waals surface area contributed by atoms with Gasteiger partial charge in [-0.25, -0.2) is 4.79 Å². The van der Waals surface area contributed by atoms with Crippen LogP contribution in [0.3, 0.4) is 0 Å². The number of ether oxygens (including phenoxy) is 2. The Morgan fingerprint density at radius 2 is 2.00 bits per heavy atom. The molecule has 0 aliphatic rings. The zero-order valence-electron chi connectivity index (χ0n) is 8.94. The van der Waals surface area contributed by atoms with Crippen LogP contribution in [0.5, 0.6) is 0 Å². The molecule has 0 saturated carbocycles. The molecule has 0 atom stereocenters. The summed E-state index contributed by atoms with van der Waals surface area (Å²) in [7, 11) is 0. The van der Waals surface area contributed by atoms with Crippen LogP contribution in [-0.4, -0.2) is 19.2 Å². The van der Waals surface area contributed by atoms with Crippen LogP contribution in [0.15, 0.2) is 30.3 Å². The largest absolute Gasteiger partial charge is 0.459 e. The fourth-order valence-corrected chi connectivity index (χ4v) is 1.08. The molecule has 15 heavy (non-hydrogen) atoms. The average molecular weight is 208 g/mol. The van der Waals surface area contributed by atoms with Crippen molar-refractivity contribution >= 4 is 5.97 Å². The van der Waals surface area contributed by atoms with E-state index >= 15 is 0 Å². The maximum absolute atomic E-state index is 11.1. The first-order valence-corrected chi connectivity index (χ1v) is 5.10. The van der Waals surface area contributed by atoms with Crippen molar-refractivity contribution < 1.29 is 14.3 Å². The SMILES string of the molecule is CCCOCC(=O)OCc1ccccc1. The first-order chi connectivity index (χ1) is 7.33. The maximum Gasteiger partial charge on any atom is 0.332 e. The van der Waals surface area contributed by atoms with Crippen molar-refractivity contribution in [2.45, 2.75) is 20.0 Å². The molecular weight excluding hydrogens is 192 g/mol. The predicted molar refractivity (Wildman–Crippen MR) is 57.3 cm³/mol. The minimum Gasteiger partial charge on any atom is -0.459 e. The molecule has 1 aromatic rings. The van der Waals surface area contributed by atoms with E-state index in [-0.39, 0.29) is 12.6 Å². The van der Waals surface area contributed by atoms with Crippen molar-refractivity contribution in [3.8, 4) is 0 Å². The first kappa shape index (κ1) is 11.7. The number of benzene rings is 1. The number of carbonyl (C=O) groups excluding carboxylic acids is 1. The topological polar surface area (TPSA) is 35.5 Å². The third-order valence-corrected chi connectivity index (χ3v) is 1.81. The Balaban J connectivity index is 2.17. The van der Waals surface area contributed by atoms with Gasteiger partial charge in [0, 0.05) is 6.61 Å². The van der Waals surface area contributed by atoms with Crippen LogP contribution in [0.2, 0.25) is 0 Å². The van der Waals surface area contributed by atoms with E-state index in [1.165, 1.54) is 0 Å². The van der Waals surface area contributed by atoms with E-state index in [1.807, 2.05) is 37.3 Å². The van der Waals surface area contributed by atoms with Gasteiger partial charge < -0.3 is 9.47 Å². The fourth-order valence-electron chi connectivity index (χ4n) is 1.08. The van der Waals surface area contributed by atoms with Crippen LogP contribution in [0.1, 0.15) is 18.9 Å². The normalized spacial score (nSPS) is 9.93. The Morgan fingerprint density at radius 1 is 1.27 bits per heavy atom. The van der Waals surface area contributed by atoms with Gasteiger partial charge in [0.15, 0.2) is 0 Å². The van der Waals surface area contributed by atoms with E-state index < -0.39 is 0 Å². The molecule has 0 unspecified atom stereocenters. The average Bonchev–Trinajstić information content (AvgIpc) is 2.28. The second kappa shape index (κ2) is 7.01. The zero-order chi connectivity index (χ0) is 10.9. The van der Waals surface area contributed by atoms with Crippen molar-refractivity contribution in [3.63, 3.8) is 0 Å². The van der Waals surface area contributed by atoms with Crippen molar-refractivity contribution in [2.24, 2.45) is 0 Å². The Bertz CT molecular complexity index is 282. The van der Waals surface area contributed by atoms with E-state index in [1.54, 1.807) is 0 Å². The van der Waals surface area contributed by atoms with E-state index in [0.29, 0.717) is 13.2 Å². The highest BCUT2D eigenvalue weighted by Crippen LogP contribution is 2.00. The van der Waals surface area contributed by atoms with Gasteiger partial charge in [0.1, 0.15) is 13.2 Å². The van der Waals surface area contributed by atoms with Gasteiger partial charge in [-0.3, -0.25) is 0 Å². The maximum atomic E-state index is 11.1. The second-order valence-corrected chi connectivity index (χ2v) is 3.20. The summed E-state index contributed by atoms with van der Waals surface area (Å²) in [6.07, 6.45) is 0.909. The minimum atomic E-state index is -0.313. The number of hydrogen-bond acceptors (Lipinski definition) is 3. The molecule has 0 amide bonds. The lowest BCUT2D eigenvalue weighted by Gasteiger charge is -2.04. The monoisotopic (exact) mass is 208 g/mol. The van der Waals surface area contributed by atoms with Gasteiger partial charge in [-0.05, 0) is 12.0 Å². The van der Waals surface area contributed by atoms with Crippen LogP contribution in [0.25, 0.3) is 0 Å². The van der Waals surface area contributed by atoms with Gasteiger partial charge in [-0.1, -0.05) is 37.3 Å². The highest BCUT2D eigenvalue weighted by molar-refractivity contribution is 5.70. The molecule has 0 N–H and O–H groups in total. The van der Waals surface area contributed by atoms with E-state index in [0.717, 1.165) is 12.0 Å². The summed E-state index contributed by atoms with van der Waals surface area (Å²) >= 11 is 0. The molecule has 0 fully saturated rings. The summed E-state index contributed by atoms with van der Waals surface area (Å²) < 4.78 is 10.1. The molecule has 0 spiro atoms. The molecule has 0 aromatic heterocycles. The minimum absolute atomic E-state index is 0.0423. The Labute approximate surface area is 90.0 Å². The molecule has 0 saturated heterocycles. The number of esters is 1. The molecule has 0 aliphatic heterocycles. The molecule has 1 aromatic carbocycles. The van der Waals surface area contributed by atoms with Crippen LogP contribution in [0.4, 0.5) is 0 Å². The summed E-state index contributed by atoms with van der Waals surface area (Å²) in [6, 6.07) is 9.59. The Kier molecular flexibility index (Phi) is 5.48. The Hall–Kier alpha value is -1.35. The van der Waals surface area contributed by atoms with Gasteiger partial charge in [0.25, 0.3) is 0 Å². The summed E-state index contributed by atoms with van der Waals surface area (Å²) in [5, 5.41) is 0. The third-order valence-electron chi connectivity index (χ3n) is 1.81. The summed E-state index contributed by atoms with van der Waals surface area (Å²) in [6.45, 7) is 2.95. The lowest BCUT2D eigenvalue weighted by atomic mass is 10.2. The lowest BCUT2D eigenvalue weighted by molar-refractivity contribution is -0.150. The summed E-state index contributed by atoms with van der Waals surface area (Å²) in [5.74, 6) is -0.313. The van der Waals surface area contributed by atoms with Gasteiger partial charge >= 0.3 is 5.97 Å². The van der Waals surface area contributed by atoms with E-state index in [2.05, 4.69) is 0 Å². The summed E-state index contributed by atoms with van der Waals surface area (Å²) in [5.41, 5.74) is 0.987. The molecule has 0 bridgehead atoms. The Morgan fingerprint density at radius 3 is 2.67 bits per heavy atom. The van der Waals surface area contributed by atoms with Crippen molar-refractivity contribution in [3.05, 3.63) is 35.9 Å². The van der Waals surface area contributed by atoms with E-state index in [9.17, 15) is 4.79 Å². The molecule has 0 aliphatic carbocycles. The highest BCUT2D eigenvalue weighted by atomic mass is 16.6. The predicted octanol–water partition coefficient (Wildman–Crippen LogP) is 2.16. The van der Waals surface area contributed by atoms with Crippen LogP contribution >= 0.6 is 0 Å². The third kappa shape index (κ3) is 5.18. The standard InChI is InChI=1S/C12H16O3/c1-2-8-14-10-12(13)15-9-11-6-4-3-5-7-11/h3-7H,2,8-10H2,1H3. The lowest BCUT2D eigenvalue weighted by Crippen LogP contribution is -2.12. The fraction of sp³-hybridized carbons (Fsp3) is 0.417. The molecule has 82 valence electrons. The second-order valence-electron chi connectivity index (χ2n) is 3.20. The van der Waals surface area contributed by atoms with Crippen LogP contribution in [0, 0.1) is 0 Å². The molecule has 3 nitrogen and oxygen atoms in total. The number of hydrogen-bond donors (Lipinski definition) is 0. The molecule has 1 rings (SSSR count). The highest BCUT2D eigenvalue weighted by Gasteiger charge is 2.02. The quantitative estimate of drug-likeness (QED) is 0.531. The van der Waals surface area contributed by atoms with Gasteiger partial charge in [-0.2, -0.15) is 0 Å². The van der Waals surface area contributed by atoms with Gasteiger partial charge in [0.2, 0.25) is 0 Å². The smallest absolute Gasteiger partial charge is 0.332 e. The van der Waals surface area contributed by atoms with Crippen molar-refractivity contribution in [2.75, 3.05) is 13.2 Å². The van der Waals surface area contributed by atoms with Crippen molar-refractivity contribution in [1.29, 1.82) is 0 Å². The van der Waals surface area contributed by atoms with E-state index in [4.69, 9.17) is 9.47 Å². The number of rotatable bonds is 6. The first-order valence-electron chi connectivity index (χ1n) is 5.10. The molecule has 0 heterocycles. The van der Waals surface area contributed by atoms with Crippen molar-refractivity contribution in [1.82, 2.24) is 0 Å².